The normalized spacial score (nSPS) is 11.2. The Kier molecular flexibility index (Phi) is 3.98. The molecule has 0 radical (unpaired) electrons. The zero-order valence-electron chi connectivity index (χ0n) is 12.1. The maximum atomic E-state index is 4.36. The lowest BCUT2D eigenvalue weighted by atomic mass is 10.1. The highest BCUT2D eigenvalue weighted by Crippen LogP contribution is 2.30. The van der Waals surface area contributed by atoms with Crippen LogP contribution >= 0.6 is 38.5 Å². The molecule has 2 aromatic carbocycles. The third kappa shape index (κ3) is 2.95. The van der Waals surface area contributed by atoms with Crippen LogP contribution in [0.15, 0.2) is 65.7 Å². The average molecular weight is 478 g/mol. The van der Waals surface area contributed by atoms with Gasteiger partial charge in [0, 0.05) is 37.3 Å². The highest BCUT2D eigenvalue weighted by Gasteiger charge is 2.11. The van der Waals surface area contributed by atoms with Gasteiger partial charge in [-0.25, -0.2) is 4.98 Å². The standard InChI is InChI=1S/C18H13BrIN3/c19-13-3-6-17-15(7-13)16(8-22-17)18-9-21-11-23(18)10-12-1-4-14(20)5-2-12/h1-9,11,22H,10H2. The van der Waals surface area contributed by atoms with E-state index in [2.05, 4.69) is 95.7 Å². The Morgan fingerprint density at radius 3 is 2.78 bits per heavy atom. The molecule has 0 atom stereocenters. The maximum absolute atomic E-state index is 4.36. The summed E-state index contributed by atoms with van der Waals surface area (Å²) in [5.74, 6) is 0. The summed E-state index contributed by atoms with van der Waals surface area (Å²) in [6, 6.07) is 14.9. The van der Waals surface area contributed by atoms with Crippen LogP contribution in [0.4, 0.5) is 0 Å². The molecule has 0 aliphatic carbocycles. The van der Waals surface area contributed by atoms with Crippen LogP contribution in [0.3, 0.4) is 0 Å². The van der Waals surface area contributed by atoms with Gasteiger partial charge in [0.05, 0.1) is 18.2 Å². The highest BCUT2D eigenvalue weighted by atomic mass is 127. The Morgan fingerprint density at radius 1 is 1.13 bits per heavy atom. The van der Waals surface area contributed by atoms with Gasteiger partial charge in [-0.1, -0.05) is 28.1 Å². The number of benzene rings is 2. The van der Waals surface area contributed by atoms with Gasteiger partial charge in [-0.05, 0) is 58.5 Å². The predicted octanol–water partition coefficient (Wildman–Crippen LogP) is 5.45. The van der Waals surface area contributed by atoms with Crippen molar-refractivity contribution in [2.75, 3.05) is 0 Å². The fourth-order valence-electron chi connectivity index (χ4n) is 2.76. The van der Waals surface area contributed by atoms with Gasteiger partial charge in [-0.3, -0.25) is 0 Å². The first-order valence-electron chi connectivity index (χ1n) is 7.22. The molecular formula is C18H13BrIN3. The largest absolute Gasteiger partial charge is 0.360 e. The Hall–Kier alpha value is -1.60. The average Bonchev–Trinajstić information content (AvgIpc) is 3.15. The second kappa shape index (κ2) is 6.13. The number of aromatic nitrogens is 3. The molecule has 0 bridgehead atoms. The SMILES string of the molecule is Brc1ccc2[nH]cc(-c3cncn3Cc3ccc(I)cc3)c2c1. The quantitative estimate of drug-likeness (QED) is 0.391. The number of nitrogens with one attached hydrogen (secondary N) is 1. The smallest absolute Gasteiger partial charge is 0.0954 e. The Labute approximate surface area is 156 Å². The van der Waals surface area contributed by atoms with E-state index >= 15 is 0 Å². The van der Waals surface area contributed by atoms with Gasteiger partial charge in [-0.15, -0.1) is 0 Å². The van der Waals surface area contributed by atoms with E-state index in [4.69, 9.17) is 0 Å². The molecule has 0 unspecified atom stereocenters. The molecule has 23 heavy (non-hydrogen) atoms. The number of H-pyrrole nitrogens is 1. The van der Waals surface area contributed by atoms with Crippen LogP contribution in [0.5, 0.6) is 0 Å². The highest BCUT2D eigenvalue weighted by molar-refractivity contribution is 14.1. The Bertz CT molecular complexity index is 970. The van der Waals surface area contributed by atoms with E-state index in [0.29, 0.717) is 0 Å². The summed E-state index contributed by atoms with van der Waals surface area (Å²) in [4.78, 5) is 7.70. The second-order valence-electron chi connectivity index (χ2n) is 5.43. The minimum absolute atomic E-state index is 0.812. The minimum atomic E-state index is 0.812. The number of imidazole rings is 1. The van der Waals surface area contributed by atoms with E-state index in [1.165, 1.54) is 20.1 Å². The van der Waals surface area contributed by atoms with Gasteiger partial charge in [0.25, 0.3) is 0 Å². The Balaban J connectivity index is 1.76. The molecule has 114 valence electrons. The van der Waals surface area contributed by atoms with Crippen molar-refractivity contribution < 1.29 is 0 Å². The molecule has 0 saturated carbocycles. The molecule has 3 nitrogen and oxygen atoms in total. The van der Waals surface area contributed by atoms with Crippen molar-refractivity contribution in [3.8, 4) is 11.3 Å². The molecule has 4 rings (SSSR count). The Morgan fingerprint density at radius 2 is 1.96 bits per heavy atom. The molecule has 0 amide bonds. The van der Waals surface area contributed by atoms with E-state index in [1.807, 2.05) is 18.6 Å². The number of hydrogen-bond acceptors (Lipinski definition) is 1. The third-order valence-corrected chi connectivity index (χ3v) is 5.11. The lowest BCUT2D eigenvalue weighted by Crippen LogP contribution is -2.00. The lowest BCUT2D eigenvalue weighted by molar-refractivity contribution is 0.805. The van der Waals surface area contributed by atoms with Crippen LogP contribution < -0.4 is 0 Å². The molecule has 2 aromatic heterocycles. The van der Waals surface area contributed by atoms with E-state index in [9.17, 15) is 0 Å². The van der Waals surface area contributed by atoms with E-state index < -0.39 is 0 Å². The molecule has 1 N–H and O–H groups in total. The summed E-state index contributed by atoms with van der Waals surface area (Å²) < 4.78 is 4.51. The number of nitrogens with zero attached hydrogens (tertiary/aromatic N) is 2. The molecule has 0 fully saturated rings. The fourth-order valence-corrected chi connectivity index (χ4v) is 3.48. The third-order valence-electron chi connectivity index (χ3n) is 3.90. The minimum Gasteiger partial charge on any atom is -0.360 e. The van der Waals surface area contributed by atoms with Crippen LogP contribution in [-0.2, 0) is 6.54 Å². The van der Waals surface area contributed by atoms with Crippen LogP contribution in [-0.4, -0.2) is 14.5 Å². The van der Waals surface area contributed by atoms with Gasteiger partial charge in [0.15, 0.2) is 0 Å². The number of rotatable bonds is 3. The zero-order valence-corrected chi connectivity index (χ0v) is 15.9. The first-order valence-corrected chi connectivity index (χ1v) is 9.09. The van der Waals surface area contributed by atoms with Gasteiger partial charge >= 0.3 is 0 Å². The molecular weight excluding hydrogens is 465 g/mol. The molecule has 5 heteroatoms. The van der Waals surface area contributed by atoms with Crippen molar-refractivity contribution >= 4 is 49.4 Å². The number of halogens is 2. The first-order chi connectivity index (χ1) is 11.2. The molecule has 2 heterocycles. The van der Waals surface area contributed by atoms with E-state index in [1.54, 1.807) is 0 Å². The van der Waals surface area contributed by atoms with Crippen molar-refractivity contribution in [1.82, 2.24) is 14.5 Å². The van der Waals surface area contributed by atoms with Gasteiger partial charge in [-0.2, -0.15) is 0 Å². The van der Waals surface area contributed by atoms with Crippen LogP contribution in [0, 0.1) is 3.57 Å². The topological polar surface area (TPSA) is 33.6 Å². The first kappa shape index (κ1) is 15.0. The number of aromatic amines is 1. The van der Waals surface area contributed by atoms with Crippen LogP contribution in [0.1, 0.15) is 5.56 Å². The van der Waals surface area contributed by atoms with Gasteiger partial charge < -0.3 is 9.55 Å². The van der Waals surface area contributed by atoms with Crippen molar-refractivity contribution in [3.05, 3.63) is 74.8 Å². The second-order valence-corrected chi connectivity index (χ2v) is 7.59. The number of fused-ring (bicyclic) bond motifs is 1. The van der Waals surface area contributed by atoms with Crippen LogP contribution in [0.25, 0.3) is 22.2 Å². The summed E-state index contributed by atoms with van der Waals surface area (Å²) in [5.41, 5.74) is 4.69. The molecule has 0 spiro atoms. The van der Waals surface area contributed by atoms with E-state index in [0.717, 1.165) is 22.2 Å². The van der Waals surface area contributed by atoms with Gasteiger partial charge in [0.2, 0.25) is 0 Å². The fraction of sp³-hybridized carbons (Fsp3) is 0.0556. The monoisotopic (exact) mass is 477 g/mol. The van der Waals surface area contributed by atoms with E-state index in [-0.39, 0.29) is 0 Å². The summed E-state index contributed by atoms with van der Waals surface area (Å²) in [7, 11) is 0. The molecule has 0 aliphatic rings. The number of hydrogen-bond donors (Lipinski definition) is 1. The van der Waals surface area contributed by atoms with Crippen molar-refractivity contribution in [3.63, 3.8) is 0 Å². The molecule has 0 saturated heterocycles. The summed E-state index contributed by atoms with van der Waals surface area (Å²) in [6.07, 6.45) is 5.87. The summed E-state index contributed by atoms with van der Waals surface area (Å²) in [6.45, 7) is 0.812. The molecule has 0 aliphatic heterocycles. The van der Waals surface area contributed by atoms with Gasteiger partial charge in [0.1, 0.15) is 0 Å². The van der Waals surface area contributed by atoms with Crippen molar-refractivity contribution in [1.29, 1.82) is 0 Å². The molecule has 4 aromatic rings. The van der Waals surface area contributed by atoms with Crippen LogP contribution in [0.2, 0.25) is 0 Å². The summed E-state index contributed by atoms with van der Waals surface area (Å²) in [5, 5.41) is 1.20. The van der Waals surface area contributed by atoms with Crippen molar-refractivity contribution in [2.24, 2.45) is 0 Å². The predicted molar refractivity (Wildman–Crippen MR) is 105 cm³/mol. The lowest BCUT2D eigenvalue weighted by Gasteiger charge is -2.08. The summed E-state index contributed by atoms with van der Waals surface area (Å²) >= 11 is 5.88. The zero-order chi connectivity index (χ0) is 15.8. The maximum Gasteiger partial charge on any atom is 0.0954 e. The van der Waals surface area contributed by atoms with Crippen molar-refractivity contribution in [2.45, 2.75) is 6.54 Å².